The van der Waals surface area contributed by atoms with Crippen LogP contribution in [0.5, 0.6) is 0 Å². The second-order valence-electron chi connectivity index (χ2n) is 10.7. The molecule has 0 fully saturated rings. The third-order valence-electron chi connectivity index (χ3n) is 6.13. The van der Waals surface area contributed by atoms with E-state index in [2.05, 4.69) is 16.0 Å². The van der Waals surface area contributed by atoms with E-state index in [9.17, 15) is 19.2 Å². The Morgan fingerprint density at radius 1 is 0.707 bits per heavy atom. The Morgan fingerprint density at radius 3 is 1.73 bits per heavy atom. The van der Waals surface area contributed by atoms with Crippen molar-refractivity contribution in [3.8, 4) is 0 Å². The number of carbonyl (C=O) groups is 4. The maximum atomic E-state index is 13.8. The summed E-state index contributed by atoms with van der Waals surface area (Å²) in [5.74, 6) is -2.47. The van der Waals surface area contributed by atoms with Gasteiger partial charge in [0.1, 0.15) is 30.8 Å². The first kappa shape index (κ1) is 30.9. The van der Waals surface area contributed by atoms with Gasteiger partial charge in [0.2, 0.25) is 11.8 Å². The molecule has 0 saturated carbocycles. The van der Waals surface area contributed by atoms with Crippen LogP contribution in [0.25, 0.3) is 0 Å². The van der Waals surface area contributed by atoms with Crippen LogP contribution >= 0.6 is 0 Å². The molecule has 1 atom stereocenters. The van der Waals surface area contributed by atoms with E-state index in [1.807, 2.05) is 91.0 Å². The number of hydrogen-bond acceptors (Lipinski definition) is 6. The van der Waals surface area contributed by atoms with Crippen molar-refractivity contribution < 1.29 is 28.7 Å². The monoisotopic (exact) mass is 559 g/mol. The van der Waals surface area contributed by atoms with Crippen molar-refractivity contribution in [2.75, 3.05) is 13.1 Å². The Kier molecular flexibility index (Phi) is 10.6. The quantitative estimate of drug-likeness (QED) is 0.304. The molecule has 9 nitrogen and oxygen atoms in total. The zero-order valence-electron chi connectivity index (χ0n) is 23.8. The van der Waals surface area contributed by atoms with Crippen molar-refractivity contribution in [1.82, 2.24) is 16.0 Å². The van der Waals surface area contributed by atoms with Crippen molar-refractivity contribution in [3.63, 3.8) is 0 Å². The second-order valence-corrected chi connectivity index (χ2v) is 10.7. The molecule has 3 aromatic carbocycles. The van der Waals surface area contributed by atoms with E-state index in [-0.39, 0.29) is 13.2 Å². The summed E-state index contributed by atoms with van der Waals surface area (Å²) in [6.45, 7) is 6.01. The zero-order chi connectivity index (χ0) is 29.9. The fourth-order valence-electron chi connectivity index (χ4n) is 4.38. The molecular formula is C32H37N3O6. The van der Waals surface area contributed by atoms with Gasteiger partial charge in [0.05, 0.1) is 0 Å². The zero-order valence-corrected chi connectivity index (χ0v) is 23.8. The molecule has 0 aliphatic carbocycles. The number of carbonyl (C=O) groups excluding carboxylic acids is 4. The summed E-state index contributed by atoms with van der Waals surface area (Å²) in [7, 11) is 0. The summed E-state index contributed by atoms with van der Waals surface area (Å²) in [6.07, 6.45) is -0.775. The van der Waals surface area contributed by atoms with Gasteiger partial charge in [-0.1, -0.05) is 91.0 Å². The summed E-state index contributed by atoms with van der Waals surface area (Å²) in [6, 6.07) is 27.7. The fraction of sp³-hybridized carbons (Fsp3) is 0.312. The minimum Gasteiger partial charge on any atom is -0.459 e. The van der Waals surface area contributed by atoms with Gasteiger partial charge in [-0.05, 0) is 44.4 Å². The molecular weight excluding hydrogens is 522 g/mol. The lowest BCUT2D eigenvalue weighted by Gasteiger charge is -2.38. The molecule has 0 aliphatic heterocycles. The summed E-state index contributed by atoms with van der Waals surface area (Å²) >= 11 is 0. The van der Waals surface area contributed by atoms with Gasteiger partial charge in [0.25, 0.3) is 0 Å². The normalized spacial score (nSPS) is 12.5. The SMILES string of the molecule is CC(C)(C)OC(=O)CNC(=O)[C@](C)(NC(=O)CNC(=O)OCc1ccccc1)C(c1ccccc1)c1ccccc1. The van der Waals surface area contributed by atoms with Gasteiger partial charge in [0.15, 0.2) is 0 Å². The van der Waals surface area contributed by atoms with Crippen molar-refractivity contribution >= 4 is 23.9 Å². The van der Waals surface area contributed by atoms with E-state index >= 15 is 0 Å². The Balaban J connectivity index is 1.81. The topological polar surface area (TPSA) is 123 Å². The number of esters is 1. The summed E-state index contributed by atoms with van der Waals surface area (Å²) in [4.78, 5) is 51.6. The van der Waals surface area contributed by atoms with Crippen LogP contribution in [0.1, 0.15) is 50.3 Å². The van der Waals surface area contributed by atoms with Gasteiger partial charge in [-0.3, -0.25) is 14.4 Å². The smallest absolute Gasteiger partial charge is 0.407 e. The van der Waals surface area contributed by atoms with Gasteiger partial charge >= 0.3 is 12.1 Å². The molecule has 0 heterocycles. The summed E-state index contributed by atoms with van der Waals surface area (Å²) in [5.41, 5.74) is 0.0388. The highest BCUT2D eigenvalue weighted by molar-refractivity contribution is 5.95. The van der Waals surface area contributed by atoms with Crippen LogP contribution < -0.4 is 16.0 Å². The summed E-state index contributed by atoms with van der Waals surface area (Å²) < 4.78 is 10.5. The lowest BCUT2D eigenvalue weighted by Crippen LogP contribution is -2.62. The maximum Gasteiger partial charge on any atom is 0.407 e. The second kappa shape index (κ2) is 14.1. The van der Waals surface area contributed by atoms with Crippen molar-refractivity contribution in [3.05, 3.63) is 108 Å². The number of ether oxygens (including phenoxy) is 2. The molecule has 216 valence electrons. The molecule has 0 bridgehead atoms. The van der Waals surface area contributed by atoms with E-state index in [4.69, 9.17) is 9.47 Å². The van der Waals surface area contributed by atoms with Gasteiger partial charge < -0.3 is 25.4 Å². The van der Waals surface area contributed by atoms with E-state index in [0.717, 1.165) is 16.7 Å². The molecule has 0 saturated heterocycles. The minimum atomic E-state index is -1.57. The van der Waals surface area contributed by atoms with Crippen LogP contribution in [0.15, 0.2) is 91.0 Å². The van der Waals surface area contributed by atoms with E-state index in [1.165, 1.54) is 0 Å². The first-order valence-electron chi connectivity index (χ1n) is 13.3. The van der Waals surface area contributed by atoms with Gasteiger partial charge in [-0.15, -0.1) is 0 Å². The van der Waals surface area contributed by atoms with Crippen LogP contribution in [0, 0.1) is 0 Å². The largest absolute Gasteiger partial charge is 0.459 e. The number of amides is 3. The highest BCUT2D eigenvalue weighted by atomic mass is 16.6. The van der Waals surface area contributed by atoms with Crippen LogP contribution in [-0.2, 0) is 30.5 Å². The molecule has 0 radical (unpaired) electrons. The number of nitrogens with one attached hydrogen (secondary N) is 3. The molecule has 9 heteroatoms. The van der Waals surface area contributed by atoms with Gasteiger partial charge in [0, 0.05) is 5.92 Å². The Bertz CT molecular complexity index is 1270. The lowest BCUT2D eigenvalue weighted by atomic mass is 9.75. The summed E-state index contributed by atoms with van der Waals surface area (Å²) in [5, 5.41) is 7.88. The fourth-order valence-corrected chi connectivity index (χ4v) is 4.38. The van der Waals surface area contributed by atoms with E-state index in [1.54, 1.807) is 27.7 Å². The average Bonchev–Trinajstić information content (AvgIpc) is 2.94. The molecule has 41 heavy (non-hydrogen) atoms. The number of benzene rings is 3. The molecule has 3 amide bonds. The van der Waals surface area contributed by atoms with E-state index < -0.39 is 47.5 Å². The Morgan fingerprint density at radius 2 is 1.22 bits per heavy atom. The molecule has 0 spiro atoms. The molecule has 3 rings (SSSR count). The van der Waals surface area contributed by atoms with Crippen molar-refractivity contribution in [2.45, 2.75) is 51.4 Å². The molecule has 0 unspecified atom stereocenters. The predicted molar refractivity (Wildman–Crippen MR) is 155 cm³/mol. The van der Waals surface area contributed by atoms with Crippen LogP contribution in [0.4, 0.5) is 4.79 Å². The number of rotatable bonds is 11. The highest BCUT2D eigenvalue weighted by Gasteiger charge is 2.44. The first-order chi connectivity index (χ1) is 19.5. The first-order valence-corrected chi connectivity index (χ1v) is 13.3. The van der Waals surface area contributed by atoms with Crippen LogP contribution in [-0.4, -0.2) is 48.1 Å². The molecule has 3 N–H and O–H groups in total. The van der Waals surface area contributed by atoms with E-state index in [0.29, 0.717) is 0 Å². The van der Waals surface area contributed by atoms with Crippen molar-refractivity contribution in [1.29, 1.82) is 0 Å². The van der Waals surface area contributed by atoms with Gasteiger partial charge in [-0.2, -0.15) is 0 Å². The highest BCUT2D eigenvalue weighted by Crippen LogP contribution is 2.35. The molecule has 0 aromatic heterocycles. The van der Waals surface area contributed by atoms with Crippen molar-refractivity contribution in [2.24, 2.45) is 0 Å². The Labute approximate surface area is 240 Å². The van der Waals surface area contributed by atoms with Gasteiger partial charge in [-0.25, -0.2) is 4.79 Å². The maximum absolute atomic E-state index is 13.8. The molecule has 0 aliphatic rings. The third kappa shape index (κ3) is 9.49. The van der Waals surface area contributed by atoms with Crippen LogP contribution in [0.3, 0.4) is 0 Å². The standard InChI is InChI=1S/C32H37N3O6/c1-31(2,3)41-27(37)21-33-29(38)32(4,28(24-16-10-6-11-17-24)25-18-12-7-13-19-25)35-26(36)20-34-30(39)40-22-23-14-8-5-9-15-23/h5-19,28H,20-22H2,1-4H3,(H,33,38)(H,34,39)(H,35,36)/t32-/m1/s1. The average molecular weight is 560 g/mol. The van der Waals surface area contributed by atoms with Crippen LogP contribution in [0.2, 0.25) is 0 Å². The minimum absolute atomic E-state index is 0.0448. The lowest BCUT2D eigenvalue weighted by molar-refractivity contribution is -0.154. The molecule has 3 aromatic rings. The number of hydrogen-bond donors (Lipinski definition) is 3. The number of alkyl carbamates (subject to hydrolysis) is 1. The third-order valence-corrected chi connectivity index (χ3v) is 6.13. The Hall–Kier alpha value is -4.66. The predicted octanol–water partition coefficient (Wildman–Crippen LogP) is 4.08.